The molecule has 0 aliphatic carbocycles. The van der Waals surface area contributed by atoms with Gasteiger partial charge in [-0.1, -0.05) is 12.1 Å². The van der Waals surface area contributed by atoms with Crippen molar-refractivity contribution in [2.45, 2.75) is 25.2 Å². The number of halogens is 2. The molecule has 0 fully saturated rings. The number of benzene rings is 1. The summed E-state index contributed by atoms with van der Waals surface area (Å²) in [6.45, 7) is 2.78. The number of carbonyl (C=O) groups is 1. The molecule has 0 saturated heterocycles. The van der Waals surface area contributed by atoms with Crippen LogP contribution in [0.2, 0.25) is 0 Å². The van der Waals surface area contributed by atoms with Crippen LogP contribution in [0.5, 0.6) is 0 Å². The van der Waals surface area contributed by atoms with E-state index in [2.05, 4.69) is 14.9 Å². The van der Waals surface area contributed by atoms with Crippen molar-refractivity contribution in [3.05, 3.63) is 41.2 Å². The maximum absolute atomic E-state index is 12.8. The normalized spacial score (nSPS) is 11.7. The third kappa shape index (κ3) is 3.14. The van der Waals surface area contributed by atoms with Crippen LogP contribution < -0.4 is 4.72 Å². The number of nitrogens with zero attached hydrogens (tertiary/aromatic N) is 1. The molecule has 2 N–H and O–H groups in total. The van der Waals surface area contributed by atoms with Gasteiger partial charge in [0.1, 0.15) is 0 Å². The van der Waals surface area contributed by atoms with Gasteiger partial charge in [0.25, 0.3) is 16.4 Å². The fourth-order valence-corrected chi connectivity index (χ4v) is 2.94. The molecule has 22 heavy (non-hydrogen) atoms. The molecule has 6 nitrogen and oxygen atoms in total. The fraction of sp³-hybridized carbons (Fsp3) is 0.231. The van der Waals surface area contributed by atoms with Crippen LogP contribution in [0.25, 0.3) is 0 Å². The van der Waals surface area contributed by atoms with E-state index in [0.29, 0.717) is 5.56 Å². The van der Waals surface area contributed by atoms with E-state index >= 15 is 0 Å². The zero-order chi connectivity index (χ0) is 16.5. The number of Topliss-reactive ketones (excluding diaryl/α,β-unsaturated/α-hetero) is 1. The molecule has 2 rings (SSSR count). The van der Waals surface area contributed by atoms with Gasteiger partial charge in [0.15, 0.2) is 11.5 Å². The van der Waals surface area contributed by atoms with E-state index in [9.17, 15) is 22.0 Å². The van der Waals surface area contributed by atoms with E-state index in [1.54, 1.807) is 0 Å². The SMILES string of the molecule is CC(=O)c1ccc(S(=O)(=O)Nc2c(C(F)F)n[nH]c2C)cc1. The number of sulfonamides is 1. The second-order valence-corrected chi connectivity index (χ2v) is 6.28. The van der Waals surface area contributed by atoms with Crippen LogP contribution in [0.15, 0.2) is 29.2 Å². The molecule has 0 atom stereocenters. The second kappa shape index (κ2) is 5.84. The Labute approximate surface area is 125 Å². The zero-order valence-electron chi connectivity index (χ0n) is 11.7. The molecule has 0 aliphatic heterocycles. The van der Waals surface area contributed by atoms with Crippen LogP contribution in [0, 0.1) is 6.92 Å². The Morgan fingerprint density at radius 1 is 1.27 bits per heavy atom. The predicted molar refractivity (Wildman–Crippen MR) is 75.5 cm³/mol. The van der Waals surface area contributed by atoms with Gasteiger partial charge in [-0.05, 0) is 26.0 Å². The lowest BCUT2D eigenvalue weighted by molar-refractivity contribution is 0.101. The summed E-state index contributed by atoms with van der Waals surface area (Å²) in [6, 6.07) is 5.17. The summed E-state index contributed by atoms with van der Waals surface area (Å²) in [4.78, 5) is 11.0. The number of alkyl halides is 2. The highest BCUT2D eigenvalue weighted by atomic mass is 32.2. The van der Waals surface area contributed by atoms with Crippen molar-refractivity contribution in [1.82, 2.24) is 10.2 Å². The Morgan fingerprint density at radius 3 is 2.36 bits per heavy atom. The van der Waals surface area contributed by atoms with Gasteiger partial charge in [0, 0.05) is 5.56 Å². The summed E-state index contributed by atoms with van der Waals surface area (Å²) in [5, 5.41) is 5.70. The first-order valence-corrected chi connectivity index (χ1v) is 7.67. The lowest BCUT2D eigenvalue weighted by Gasteiger charge is -2.09. The molecular weight excluding hydrogens is 316 g/mol. The smallest absolute Gasteiger partial charge is 0.284 e. The molecule has 1 aromatic carbocycles. The molecule has 0 spiro atoms. The predicted octanol–water partition coefficient (Wildman–Crippen LogP) is 2.66. The molecule has 1 heterocycles. The number of H-pyrrole nitrogens is 1. The van der Waals surface area contributed by atoms with E-state index < -0.39 is 22.1 Å². The number of rotatable bonds is 5. The zero-order valence-corrected chi connectivity index (χ0v) is 12.5. The molecule has 1 aromatic heterocycles. The first-order chi connectivity index (χ1) is 10.2. The highest BCUT2D eigenvalue weighted by Crippen LogP contribution is 2.29. The van der Waals surface area contributed by atoms with Crippen LogP contribution >= 0.6 is 0 Å². The van der Waals surface area contributed by atoms with Gasteiger partial charge < -0.3 is 0 Å². The summed E-state index contributed by atoms with van der Waals surface area (Å²) < 4.78 is 52.2. The largest absolute Gasteiger partial charge is 0.295 e. The fourth-order valence-electron chi connectivity index (χ4n) is 1.80. The Hall–Kier alpha value is -2.29. The summed E-state index contributed by atoms with van der Waals surface area (Å²) >= 11 is 0. The van der Waals surface area contributed by atoms with Gasteiger partial charge in [-0.15, -0.1) is 0 Å². The molecule has 0 aliphatic rings. The third-order valence-electron chi connectivity index (χ3n) is 2.99. The molecule has 0 bridgehead atoms. The van der Waals surface area contributed by atoms with Gasteiger partial charge in [-0.25, -0.2) is 17.2 Å². The number of aromatic nitrogens is 2. The van der Waals surface area contributed by atoms with E-state index in [4.69, 9.17) is 0 Å². The average molecular weight is 329 g/mol. The van der Waals surface area contributed by atoms with Gasteiger partial charge in [-0.3, -0.25) is 14.6 Å². The average Bonchev–Trinajstić information content (AvgIpc) is 2.80. The molecule has 2 aromatic rings. The number of aryl methyl sites for hydroxylation is 1. The summed E-state index contributed by atoms with van der Waals surface area (Å²) in [5.41, 5.74) is -0.405. The second-order valence-electron chi connectivity index (χ2n) is 4.60. The van der Waals surface area contributed by atoms with Crippen molar-refractivity contribution in [2.75, 3.05) is 4.72 Å². The number of ketones is 1. The van der Waals surface area contributed by atoms with Crippen molar-refractivity contribution in [3.8, 4) is 0 Å². The maximum Gasteiger partial charge on any atom is 0.284 e. The lowest BCUT2D eigenvalue weighted by atomic mass is 10.2. The minimum absolute atomic E-state index is 0.140. The van der Waals surface area contributed by atoms with Crippen LogP contribution in [0.3, 0.4) is 0 Å². The molecule has 0 saturated carbocycles. The lowest BCUT2D eigenvalue weighted by Crippen LogP contribution is -2.14. The minimum Gasteiger partial charge on any atom is -0.295 e. The molecule has 0 radical (unpaired) electrons. The number of hydrogen-bond acceptors (Lipinski definition) is 4. The van der Waals surface area contributed by atoms with Gasteiger partial charge >= 0.3 is 0 Å². The van der Waals surface area contributed by atoms with E-state index in [1.165, 1.54) is 38.1 Å². The highest BCUT2D eigenvalue weighted by molar-refractivity contribution is 7.92. The number of hydrogen-bond donors (Lipinski definition) is 2. The van der Waals surface area contributed by atoms with Crippen LogP contribution in [0.4, 0.5) is 14.5 Å². The number of nitrogens with one attached hydrogen (secondary N) is 2. The van der Waals surface area contributed by atoms with Crippen LogP contribution in [0.1, 0.15) is 35.1 Å². The van der Waals surface area contributed by atoms with Gasteiger partial charge in [0.05, 0.1) is 16.3 Å². The van der Waals surface area contributed by atoms with E-state index in [0.717, 1.165) is 0 Å². The summed E-state index contributed by atoms with van der Waals surface area (Å²) in [6.07, 6.45) is -2.91. The Bertz CT molecular complexity index is 798. The highest BCUT2D eigenvalue weighted by Gasteiger charge is 2.24. The minimum atomic E-state index is -4.06. The first kappa shape index (κ1) is 16.1. The van der Waals surface area contributed by atoms with Crippen molar-refractivity contribution < 1.29 is 22.0 Å². The van der Waals surface area contributed by atoms with Crippen molar-refractivity contribution in [2.24, 2.45) is 0 Å². The topological polar surface area (TPSA) is 91.9 Å². The third-order valence-corrected chi connectivity index (χ3v) is 4.36. The number of carbonyl (C=O) groups excluding carboxylic acids is 1. The van der Waals surface area contributed by atoms with Gasteiger partial charge in [0.2, 0.25) is 0 Å². The number of anilines is 1. The monoisotopic (exact) mass is 329 g/mol. The number of aromatic amines is 1. The van der Waals surface area contributed by atoms with E-state index in [-0.39, 0.29) is 22.1 Å². The van der Waals surface area contributed by atoms with E-state index in [1.807, 2.05) is 0 Å². The van der Waals surface area contributed by atoms with Crippen molar-refractivity contribution >= 4 is 21.5 Å². The first-order valence-electron chi connectivity index (χ1n) is 6.19. The molecule has 118 valence electrons. The Balaban J connectivity index is 2.36. The van der Waals surface area contributed by atoms with Crippen LogP contribution in [-0.4, -0.2) is 24.4 Å². The quantitative estimate of drug-likeness (QED) is 0.825. The van der Waals surface area contributed by atoms with Crippen molar-refractivity contribution in [1.29, 1.82) is 0 Å². The standard InChI is InChI=1S/C13H13F2N3O3S/c1-7-11(12(13(14)15)17-16-7)18-22(20,21)10-5-3-9(4-6-10)8(2)19/h3-6,13,18H,1-2H3,(H,16,17). The molecule has 0 unspecified atom stereocenters. The van der Waals surface area contributed by atoms with Crippen LogP contribution in [-0.2, 0) is 10.0 Å². The molecular formula is C13H13F2N3O3S. The Morgan fingerprint density at radius 2 is 1.86 bits per heavy atom. The summed E-state index contributed by atoms with van der Waals surface area (Å²) in [7, 11) is -4.06. The molecule has 0 amide bonds. The van der Waals surface area contributed by atoms with Gasteiger partial charge in [-0.2, -0.15) is 5.10 Å². The maximum atomic E-state index is 12.8. The van der Waals surface area contributed by atoms with Crippen molar-refractivity contribution in [3.63, 3.8) is 0 Å². The Kier molecular flexibility index (Phi) is 4.27. The summed E-state index contributed by atoms with van der Waals surface area (Å²) in [5.74, 6) is -0.206. The molecule has 9 heteroatoms.